The Hall–Kier alpha value is -2.89. The van der Waals surface area contributed by atoms with E-state index in [-0.39, 0.29) is 17.9 Å². The molecule has 0 saturated heterocycles. The van der Waals surface area contributed by atoms with Gasteiger partial charge in [0.05, 0.1) is 12.2 Å². The van der Waals surface area contributed by atoms with Crippen molar-refractivity contribution in [3.05, 3.63) is 47.3 Å². The lowest BCUT2D eigenvalue weighted by atomic mass is 9.98. The van der Waals surface area contributed by atoms with Crippen molar-refractivity contribution in [2.45, 2.75) is 13.8 Å². The van der Waals surface area contributed by atoms with Crippen molar-refractivity contribution in [3.8, 4) is 11.1 Å². The van der Waals surface area contributed by atoms with Crippen LogP contribution in [0.15, 0.2) is 30.3 Å². The van der Waals surface area contributed by atoms with Gasteiger partial charge in [-0.1, -0.05) is 30.3 Å². The van der Waals surface area contributed by atoms with Gasteiger partial charge in [0, 0.05) is 18.3 Å². The van der Waals surface area contributed by atoms with E-state index in [1.54, 1.807) is 38.1 Å². The molecule has 0 spiro atoms. The molecule has 1 amide bonds. The van der Waals surface area contributed by atoms with Gasteiger partial charge in [-0.2, -0.15) is 0 Å². The summed E-state index contributed by atoms with van der Waals surface area (Å²) in [4.78, 5) is 39.2. The van der Waals surface area contributed by atoms with Crippen molar-refractivity contribution >= 4 is 17.7 Å². The lowest BCUT2D eigenvalue weighted by molar-refractivity contribution is -0.116. The van der Waals surface area contributed by atoms with Crippen molar-refractivity contribution < 1.29 is 19.1 Å². The Balaban J connectivity index is 2.69. The van der Waals surface area contributed by atoms with Gasteiger partial charge in [0.1, 0.15) is 5.69 Å². The highest BCUT2D eigenvalue weighted by atomic mass is 16.5. The Morgan fingerprint density at radius 2 is 1.83 bits per heavy atom. The number of carbonyl (C=O) groups is 3. The van der Waals surface area contributed by atoms with Crippen molar-refractivity contribution in [3.63, 3.8) is 0 Å². The van der Waals surface area contributed by atoms with E-state index in [0.717, 1.165) is 0 Å². The van der Waals surface area contributed by atoms with Crippen molar-refractivity contribution in [2.24, 2.45) is 0 Å². The molecule has 0 bridgehead atoms. The molecule has 0 radical (unpaired) electrons. The summed E-state index contributed by atoms with van der Waals surface area (Å²) in [6, 6.07) is 8.95. The number of aryl methyl sites for hydroxylation is 1. The van der Waals surface area contributed by atoms with Crippen LogP contribution >= 0.6 is 0 Å². The Bertz CT molecular complexity index is 747. The summed E-state index contributed by atoms with van der Waals surface area (Å²) in [5.74, 6) is -2.01. The van der Waals surface area contributed by atoms with Crippen LogP contribution in [-0.4, -0.2) is 36.3 Å². The average molecular weight is 314 g/mol. The number of carbonyl (C=O) groups excluding carboxylic acids is 3. The van der Waals surface area contributed by atoms with E-state index < -0.39 is 17.7 Å². The molecule has 0 fully saturated rings. The topological polar surface area (TPSA) is 88.3 Å². The van der Waals surface area contributed by atoms with E-state index in [1.165, 1.54) is 7.05 Å². The molecule has 1 aromatic heterocycles. The van der Waals surface area contributed by atoms with E-state index >= 15 is 0 Å². The second kappa shape index (κ2) is 6.91. The summed E-state index contributed by atoms with van der Waals surface area (Å²) >= 11 is 0. The van der Waals surface area contributed by atoms with Crippen molar-refractivity contribution in [1.29, 1.82) is 0 Å². The molecule has 120 valence electrons. The van der Waals surface area contributed by atoms with Gasteiger partial charge in [0.2, 0.25) is 0 Å². The van der Waals surface area contributed by atoms with Gasteiger partial charge in [-0.25, -0.2) is 4.79 Å². The minimum Gasteiger partial charge on any atom is -0.462 e. The first kappa shape index (κ1) is 16.5. The number of hydrogen-bond donors (Lipinski definition) is 2. The molecule has 0 unspecified atom stereocenters. The smallest absolute Gasteiger partial charge is 0.340 e. The third-order valence-corrected chi connectivity index (χ3v) is 3.39. The van der Waals surface area contributed by atoms with Crippen LogP contribution in [0.3, 0.4) is 0 Å². The van der Waals surface area contributed by atoms with Gasteiger partial charge in [-0.15, -0.1) is 0 Å². The molecule has 0 saturated carbocycles. The predicted molar refractivity (Wildman–Crippen MR) is 85.3 cm³/mol. The third-order valence-electron chi connectivity index (χ3n) is 3.39. The quantitative estimate of drug-likeness (QED) is 0.502. The number of ketones is 1. The summed E-state index contributed by atoms with van der Waals surface area (Å²) in [6.07, 6.45) is 0. The number of ether oxygens (including phenoxy) is 1. The van der Waals surface area contributed by atoms with Gasteiger partial charge in [0.15, 0.2) is 0 Å². The molecule has 2 N–H and O–H groups in total. The molecule has 0 atom stereocenters. The number of benzene rings is 1. The fraction of sp³-hybridized carbons (Fsp3) is 0.235. The number of likely N-dealkylation sites (N-methyl/N-ethyl adjacent to an activating group) is 1. The highest BCUT2D eigenvalue weighted by Gasteiger charge is 2.29. The number of esters is 1. The van der Waals surface area contributed by atoms with Gasteiger partial charge < -0.3 is 15.0 Å². The molecule has 2 aromatic rings. The first-order valence-electron chi connectivity index (χ1n) is 7.22. The van der Waals surface area contributed by atoms with Gasteiger partial charge in [0.25, 0.3) is 11.7 Å². The zero-order chi connectivity index (χ0) is 17.0. The monoisotopic (exact) mass is 314 g/mol. The van der Waals surface area contributed by atoms with E-state index in [0.29, 0.717) is 16.8 Å². The molecular formula is C17H18N2O4. The van der Waals surface area contributed by atoms with E-state index in [9.17, 15) is 14.4 Å². The molecule has 1 aromatic carbocycles. The number of Topliss-reactive ketones (excluding diaryl/α,β-unsaturated/α-hetero) is 1. The van der Waals surface area contributed by atoms with Crippen molar-refractivity contribution in [2.75, 3.05) is 13.7 Å². The summed E-state index contributed by atoms with van der Waals surface area (Å²) in [7, 11) is 1.38. The number of nitrogens with one attached hydrogen (secondary N) is 2. The number of aromatic nitrogens is 1. The van der Waals surface area contributed by atoms with E-state index in [1.807, 2.05) is 6.07 Å². The lowest BCUT2D eigenvalue weighted by Gasteiger charge is -2.07. The molecule has 0 aliphatic rings. The number of amides is 1. The Labute approximate surface area is 133 Å². The van der Waals surface area contributed by atoms with Crippen LogP contribution < -0.4 is 5.32 Å². The Kier molecular flexibility index (Phi) is 4.95. The summed E-state index contributed by atoms with van der Waals surface area (Å²) in [6.45, 7) is 3.59. The lowest BCUT2D eigenvalue weighted by Crippen LogP contribution is -2.28. The van der Waals surface area contributed by atoms with Crippen LogP contribution in [0.2, 0.25) is 0 Å². The predicted octanol–water partition coefficient (Wildman–Crippen LogP) is 2.10. The Morgan fingerprint density at radius 3 is 2.39 bits per heavy atom. The number of hydrogen-bond acceptors (Lipinski definition) is 4. The summed E-state index contributed by atoms with van der Waals surface area (Å²) < 4.78 is 5.08. The molecule has 6 heteroatoms. The van der Waals surface area contributed by atoms with Crippen LogP contribution in [0.4, 0.5) is 0 Å². The fourth-order valence-electron chi connectivity index (χ4n) is 2.37. The van der Waals surface area contributed by atoms with Crippen LogP contribution in [0.25, 0.3) is 11.1 Å². The first-order chi connectivity index (χ1) is 11.0. The Morgan fingerprint density at radius 1 is 1.17 bits per heavy atom. The van der Waals surface area contributed by atoms with Gasteiger partial charge in [-0.05, 0) is 19.4 Å². The average Bonchev–Trinajstić information content (AvgIpc) is 2.91. The molecule has 1 heterocycles. The molecule has 2 rings (SSSR count). The zero-order valence-corrected chi connectivity index (χ0v) is 13.2. The van der Waals surface area contributed by atoms with Crippen LogP contribution in [0.5, 0.6) is 0 Å². The molecular weight excluding hydrogens is 296 g/mol. The normalized spacial score (nSPS) is 10.2. The standard InChI is InChI=1S/C17H18N2O4/c1-4-23-17(22)12-10(2)19-14(15(20)16(21)18-3)13(12)11-8-6-5-7-9-11/h5-9,19H,4H2,1-3H3,(H,18,21). The van der Waals surface area contributed by atoms with E-state index in [4.69, 9.17) is 4.74 Å². The van der Waals surface area contributed by atoms with Crippen LogP contribution in [-0.2, 0) is 9.53 Å². The minimum atomic E-state index is -0.751. The van der Waals surface area contributed by atoms with Crippen molar-refractivity contribution in [1.82, 2.24) is 10.3 Å². The van der Waals surface area contributed by atoms with Gasteiger partial charge in [-0.3, -0.25) is 9.59 Å². The maximum Gasteiger partial charge on any atom is 0.340 e. The van der Waals surface area contributed by atoms with E-state index in [2.05, 4.69) is 10.3 Å². The maximum atomic E-state index is 12.3. The number of aromatic amines is 1. The number of rotatable bonds is 5. The third kappa shape index (κ3) is 3.15. The molecule has 0 aliphatic heterocycles. The fourth-order valence-corrected chi connectivity index (χ4v) is 2.37. The molecule has 0 aliphatic carbocycles. The molecule has 23 heavy (non-hydrogen) atoms. The van der Waals surface area contributed by atoms with Gasteiger partial charge >= 0.3 is 5.97 Å². The molecule has 6 nitrogen and oxygen atoms in total. The zero-order valence-electron chi connectivity index (χ0n) is 13.2. The van der Waals surface area contributed by atoms with Crippen LogP contribution in [0.1, 0.15) is 33.5 Å². The highest BCUT2D eigenvalue weighted by Crippen LogP contribution is 2.31. The summed E-state index contributed by atoms with van der Waals surface area (Å²) in [5, 5.41) is 2.30. The number of H-pyrrole nitrogens is 1. The summed E-state index contributed by atoms with van der Waals surface area (Å²) in [5.41, 5.74) is 1.87. The van der Waals surface area contributed by atoms with Crippen LogP contribution in [0, 0.1) is 6.92 Å². The SMILES string of the molecule is CCOC(=O)c1c(C)[nH]c(C(=O)C(=O)NC)c1-c1ccccc1. The maximum absolute atomic E-state index is 12.3. The second-order valence-corrected chi connectivity index (χ2v) is 4.87. The highest BCUT2D eigenvalue weighted by molar-refractivity contribution is 6.43. The largest absolute Gasteiger partial charge is 0.462 e. The minimum absolute atomic E-state index is 0.0797. The second-order valence-electron chi connectivity index (χ2n) is 4.87. The first-order valence-corrected chi connectivity index (χ1v) is 7.22.